The van der Waals surface area contributed by atoms with E-state index in [0.717, 1.165) is 0 Å². The summed E-state index contributed by atoms with van der Waals surface area (Å²) in [6, 6.07) is 4.96. The Kier molecular flexibility index (Phi) is 4.66. The van der Waals surface area contributed by atoms with Gasteiger partial charge in [0.15, 0.2) is 0 Å². The molecule has 0 atom stereocenters. The van der Waals surface area contributed by atoms with Gasteiger partial charge in [-0.2, -0.15) is 0 Å². The van der Waals surface area contributed by atoms with Crippen molar-refractivity contribution in [2.45, 2.75) is 18.9 Å². The van der Waals surface area contributed by atoms with E-state index >= 15 is 0 Å². The van der Waals surface area contributed by atoms with Crippen molar-refractivity contribution >= 4 is 33.4 Å². The van der Waals surface area contributed by atoms with E-state index in [1.165, 1.54) is 11.0 Å². The molecule has 0 radical (unpaired) electrons. The number of amides is 1. The Labute approximate surface area is 130 Å². The van der Waals surface area contributed by atoms with Crippen LogP contribution in [-0.2, 0) is 0 Å². The largest absolute Gasteiger partial charge is 0.465 e. The molecule has 1 aromatic carbocycles. The van der Waals surface area contributed by atoms with E-state index in [1.54, 1.807) is 19.2 Å². The molecule has 21 heavy (non-hydrogen) atoms. The first-order chi connectivity index (χ1) is 9.90. The van der Waals surface area contributed by atoms with Gasteiger partial charge in [0.1, 0.15) is 5.69 Å². The summed E-state index contributed by atoms with van der Waals surface area (Å²) in [6.07, 6.45) is 0.384. The van der Waals surface area contributed by atoms with Crippen LogP contribution < -0.4 is 4.90 Å². The fourth-order valence-corrected chi connectivity index (χ4v) is 2.91. The van der Waals surface area contributed by atoms with Gasteiger partial charge in [-0.15, -0.1) is 0 Å². The highest BCUT2D eigenvalue weighted by molar-refractivity contribution is 9.10. The second kappa shape index (κ2) is 6.30. The summed E-state index contributed by atoms with van der Waals surface area (Å²) in [4.78, 5) is 25.0. The Hall–Kier alpha value is -1.83. The molecule has 1 aromatic rings. The van der Waals surface area contributed by atoms with E-state index in [9.17, 15) is 14.9 Å². The molecule has 1 aliphatic rings. The molecule has 1 saturated heterocycles. The summed E-state index contributed by atoms with van der Waals surface area (Å²) >= 11 is 3.24. The maximum atomic E-state index is 11.2. The molecule has 0 unspecified atom stereocenters. The predicted molar refractivity (Wildman–Crippen MR) is 81.8 cm³/mol. The summed E-state index contributed by atoms with van der Waals surface area (Å²) in [5.74, 6) is 0. The fraction of sp³-hybridized carbons (Fsp3) is 0.462. The van der Waals surface area contributed by atoms with Crippen LogP contribution in [0.1, 0.15) is 12.8 Å². The normalized spacial score (nSPS) is 15.8. The number of nitro benzene ring substituents is 1. The van der Waals surface area contributed by atoms with Crippen molar-refractivity contribution in [3.63, 3.8) is 0 Å². The summed E-state index contributed by atoms with van der Waals surface area (Å²) < 4.78 is 0.665. The average Bonchev–Trinajstić information content (AvgIpc) is 2.46. The first-order valence-electron chi connectivity index (χ1n) is 6.55. The van der Waals surface area contributed by atoms with Crippen molar-refractivity contribution in [2.24, 2.45) is 0 Å². The number of halogens is 1. The highest BCUT2D eigenvalue weighted by Crippen LogP contribution is 2.33. The van der Waals surface area contributed by atoms with E-state index < -0.39 is 11.0 Å². The van der Waals surface area contributed by atoms with Crippen molar-refractivity contribution in [1.29, 1.82) is 0 Å². The molecule has 0 bridgehead atoms. The maximum absolute atomic E-state index is 11.2. The van der Waals surface area contributed by atoms with Crippen LogP contribution in [0.2, 0.25) is 0 Å². The van der Waals surface area contributed by atoms with E-state index in [1.807, 2.05) is 4.90 Å². The molecule has 1 fully saturated rings. The highest BCUT2D eigenvalue weighted by Gasteiger charge is 2.28. The van der Waals surface area contributed by atoms with Crippen LogP contribution in [0, 0.1) is 10.1 Å². The quantitative estimate of drug-likeness (QED) is 0.663. The number of benzene rings is 1. The van der Waals surface area contributed by atoms with Crippen LogP contribution in [0.25, 0.3) is 0 Å². The van der Waals surface area contributed by atoms with Crippen LogP contribution in [0.5, 0.6) is 0 Å². The van der Waals surface area contributed by atoms with Crippen LogP contribution >= 0.6 is 15.9 Å². The number of carbonyl (C=O) groups is 1. The Balaban J connectivity index is 2.12. The Morgan fingerprint density at radius 2 is 2.10 bits per heavy atom. The van der Waals surface area contributed by atoms with E-state index in [4.69, 9.17) is 5.11 Å². The third-order valence-electron chi connectivity index (χ3n) is 3.79. The number of nitrogens with zero attached hydrogens (tertiary/aromatic N) is 3. The monoisotopic (exact) mass is 357 g/mol. The van der Waals surface area contributed by atoms with Crippen molar-refractivity contribution in [3.05, 3.63) is 32.8 Å². The molecular weight excluding hydrogens is 342 g/mol. The van der Waals surface area contributed by atoms with Crippen molar-refractivity contribution in [3.8, 4) is 0 Å². The van der Waals surface area contributed by atoms with E-state index in [0.29, 0.717) is 36.1 Å². The second-order valence-corrected chi connectivity index (χ2v) is 5.92. The molecule has 8 heteroatoms. The van der Waals surface area contributed by atoms with Gasteiger partial charge in [-0.05, 0) is 25.0 Å². The van der Waals surface area contributed by atoms with Gasteiger partial charge < -0.3 is 14.9 Å². The van der Waals surface area contributed by atoms with Gasteiger partial charge >= 0.3 is 6.09 Å². The zero-order chi connectivity index (χ0) is 15.6. The molecule has 1 amide bonds. The van der Waals surface area contributed by atoms with Gasteiger partial charge in [-0.1, -0.05) is 15.9 Å². The summed E-state index contributed by atoms with van der Waals surface area (Å²) in [7, 11) is 1.56. The molecule has 1 heterocycles. The molecule has 0 aliphatic carbocycles. The zero-order valence-corrected chi connectivity index (χ0v) is 13.1. The SMILES string of the molecule is CN(C(=O)O)C1CCN(c2ccc(Br)cc2[N+](=O)[O-])CC1. The lowest BCUT2D eigenvalue weighted by molar-refractivity contribution is -0.384. The lowest BCUT2D eigenvalue weighted by Crippen LogP contribution is -2.45. The van der Waals surface area contributed by atoms with Crippen LogP contribution in [0.4, 0.5) is 16.2 Å². The smallest absolute Gasteiger partial charge is 0.407 e. The Bertz CT molecular complexity index is 558. The lowest BCUT2D eigenvalue weighted by Gasteiger charge is -2.36. The van der Waals surface area contributed by atoms with Gasteiger partial charge in [0, 0.05) is 36.7 Å². The van der Waals surface area contributed by atoms with E-state index in [-0.39, 0.29) is 11.7 Å². The molecule has 1 N–H and O–H groups in total. The number of anilines is 1. The summed E-state index contributed by atoms with van der Waals surface area (Å²) in [6.45, 7) is 1.20. The van der Waals surface area contributed by atoms with Crippen molar-refractivity contribution in [2.75, 3.05) is 25.0 Å². The van der Waals surface area contributed by atoms with Crippen molar-refractivity contribution in [1.82, 2.24) is 4.90 Å². The van der Waals surface area contributed by atoms with Gasteiger partial charge in [-0.25, -0.2) is 4.79 Å². The highest BCUT2D eigenvalue weighted by atomic mass is 79.9. The molecule has 0 spiro atoms. The summed E-state index contributed by atoms with van der Waals surface area (Å²) in [5, 5.41) is 20.1. The van der Waals surface area contributed by atoms with Gasteiger partial charge in [0.25, 0.3) is 5.69 Å². The molecule has 2 rings (SSSR count). The first kappa shape index (κ1) is 15.6. The number of carboxylic acid groups (broad SMARTS) is 1. The minimum atomic E-state index is -0.942. The molecular formula is C13H16BrN3O4. The van der Waals surface area contributed by atoms with Gasteiger partial charge in [0.2, 0.25) is 0 Å². The van der Waals surface area contributed by atoms with Gasteiger partial charge in [0.05, 0.1) is 4.92 Å². The molecule has 114 valence electrons. The Morgan fingerprint density at radius 3 is 2.62 bits per heavy atom. The number of nitro groups is 1. The Morgan fingerprint density at radius 1 is 1.48 bits per heavy atom. The minimum Gasteiger partial charge on any atom is -0.465 e. The third-order valence-corrected chi connectivity index (χ3v) is 4.28. The lowest BCUT2D eigenvalue weighted by atomic mass is 10.0. The summed E-state index contributed by atoms with van der Waals surface area (Å²) in [5.41, 5.74) is 0.647. The number of piperidine rings is 1. The predicted octanol–water partition coefficient (Wildman–Crippen LogP) is 2.94. The third kappa shape index (κ3) is 3.44. The van der Waals surface area contributed by atoms with Crippen molar-refractivity contribution < 1.29 is 14.8 Å². The number of rotatable bonds is 3. The van der Waals surface area contributed by atoms with Crippen LogP contribution in [0.15, 0.2) is 22.7 Å². The van der Waals surface area contributed by atoms with Gasteiger partial charge in [-0.3, -0.25) is 10.1 Å². The minimum absolute atomic E-state index is 0.0340. The standard InChI is InChI=1S/C13H16BrN3O4/c1-15(13(18)19)10-4-6-16(7-5-10)11-3-2-9(14)8-12(11)17(20)21/h2-3,8,10H,4-7H2,1H3,(H,18,19). The number of hydrogen-bond donors (Lipinski definition) is 1. The molecule has 0 saturated carbocycles. The van der Waals surface area contributed by atoms with Crippen LogP contribution in [0.3, 0.4) is 0 Å². The average molecular weight is 358 g/mol. The van der Waals surface area contributed by atoms with E-state index in [2.05, 4.69) is 15.9 Å². The maximum Gasteiger partial charge on any atom is 0.407 e. The topological polar surface area (TPSA) is 86.9 Å². The number of hydrogen-bond acceptors (Lipinski definition) is 4. The first-order valence-corrected chi connectivity index (χ1v) is 7.34. The molecule has 0 aromatic heterocycles. The van der Waals surface area contributed by atoms with Crippen LogP contribution in [-0.4, -0.2) is 47.2 Å². The second-order valence-electron chi connectivity index (χ2n) is 5.00. The molecule has 7 nitrogen and oxygen atoms in total. The fourth-order valence-electron chi connectivity index (χ4n) is 2.56. The molecule has 1 aliphatic heterocycles. The zero-order valence-electron chi connectivity index (χ0n) is 11.5.